The van der Waals surface area contributed by atoms with E-state index in [1.165, 1.54) is 22.4 Å². The Kier molecular flexibility index (Phi) is 5.85. The van der Waals surface area contributed by atoms with E-state index in [-0.39, 0.29) is 18.0 Å². The maximum atomic E-state index is 12.3. The van der Waals surface area contributed by atoms with Gasteiger partial charge in [0.2, 0.25) is 5.91 Å². The average molecular weight is 431 g/mol. The summed E-state index contributed by atoms with van der Waals surface area (Å²) in [5.74, 6) is -0.264. The van der Waals surface area contributed by atoms with Crippen molar-refractivity contribution in [2.45, 2.75) is 23.5 Å². The van der Waals surface area contributed by atoms with Gasteiger partial charge in [-0.2, -0.15) is 0 Å². The molecule has 0 aliphatic carbocycles. The van der Waals surface area contributed by atoms with Crippen LogP contribution in [0.2, 0.25) is 0 Å². The van der Waals surface area contributed by atoms with Crippen molar-refractivity contribution >= 4 is 39.3 Å². The first-order valence-corrected chi connectivity index (χ1v) is 9.33. The molecule has 1 amide bonds. The molecule has 0 aliphatic heterocycles. The molecular formula is C18H15BrN4O2S. The van der Waals surface area contributed by atoms with Crippen molar-refractivity contribution in [3.05, 3.63) is 75.4 Å². The monoisotopic (exact) mass is 430 g/mol. The molecule has 0 atom stereocenters. The first kappa shape index (κ1) is 18.3. The number of nitrogens with zero attached hydrogens (tertiary/aromatic N) is 3. The maximum absolute atomic E-state index is 12.3. The topological polar surface area (TPSA) is 76.9 Å². The van der Waals surface area contributed by atoms with Crippen LogP contribution in [-0.2, 0) is 11.3 Å². The lowest BCUT2D eigenvalue weighted by atomic mass is 10.2. The maximum Gasteiger partial charge on any atom is 0.251 e. The van der Waals surface area contributed by atoms with Crippen molar-refractivity contribution in [3.8, 4) is 0 Å². The minimum absolute atomic E-state index is 0.0495. The second-order valence-corrected chi connectivity index (χ2v) is 7.43. The van der Waals surface area contributed by atoms with Crippen molar-refractivity contribution in [2.24, 2.45) is 0 Å². The molecule has 0 aliphatic rings. The summed E-state index contributed by atoms with van der Waals surface area (Å²) in [6.45, 7) is 1.86. The Labute approximate surface area is 162 Å². The molecule has 2 heterocycles. The van der Waals surface area contributed by atoms with Crippen LogP contribution in [0.1, 0.15) is 5.56 Å². The zero-order valence-corrected chi connectivity index (χ0v) is 16.3. The lowest BCUT2D eigenvalue weighted by Crippen LogP contribution is -2.26. The molecule has 0 bridgehead atoms. The summed E-state index contributed by atoms with van der Waals surface area (Å²) in [5.41, 5.74) is 1.40. The molecule has 2 aromatic heterocycles. The van der Waals surface area contributed by atoms with Gasteiger partial charge in [0.15, 0.2) is 5.16 Å². The number of hydrogen-bond acceptors (Lipinski definition) is 5. The number of benzene rings is 1. The third-order valence-electron chi connectivity index (χ3n) is 3.48. The van der Waals surface area contributed by atoms with E-state index < -0.39 is 0 Å². The van der Waals surface area contributed by atoms with Crippen LogP contribution >= 0.6 is 27.7 Å². The van der Waals surface area contributed by atoms with E-state index in [2.05, 4.69) is 31.2 Å². The van der Waals surface area contributed by atoms with Gasteiger partial charge in [-0.05, 0) is 70.5 Å². The van der Waals surface area contributed by atoms with Crippen molar-refractivity contribution < 1.29 is 4.79 Å². The number of pyridine rings is 1. The highest BCUT2D eigenvalue weighted by molar-refractivity contribution is 9.10. The fraction of sp³-hybridized carbons (Fsp3) is 0.111. The highest BCUT2D eigenvalue weighted by Crippen LogP contribution is 2.27. The third kappa shape index (κ3) is 4.80. The minimum atomic E-state index is -0.264. The first-order chi connectivity index (χ1) is 12.5. The van der Waals surface area contributed by atoms with Gasteiger partial charge in [0.25, 0.3) is 5.56 Å². The van der Waals surface area contributed by atoms with Crippen LogP contribution in [0.4, 0.5) is 5.69 Å². The van der Waals surface area contributed by atoms with Crippen LogP contribution in [0.3, 0.4) is 0 Å². The summed E-state index contributed by atoms with van der Waals surface area (Å²) in [4.78, 5) is 33.4. The number of amides is 1. The van der Waals surface area contributed by atoms with Gasteiger partial charge in [-0.15, -0.1) is 0 Å². The molecule has 132 valence electrons. The highest BCUT2D eigenvalue weighted by atomic mass is 79.9. The molecule has 1 N–H and O–H groups in total. The summed E-state index contributed by atoms with van der Waals surface area (Å²) in [6.07, 6.45) is 4.98. The van der Waals surface area contributed by atoms with Crippen LogP contribution in [0, 0.1) is 6.92 Å². The van der Waals surface area contributed by atoms with Gasteiger partial charge < -0.3 is 9.88 Å². The Balaban J connectivity index is 1.69. The zero-order valence-electron chi connectivity index (χ0n) is 13.8. The van der Waals surface area contributed by atoms with Crippen molar-refractivity contribution in [2.75, 3.05) is 5.32 Å². The number of aryl methyl sites for hydroxylation is 1. The lowest BCUT2D eigenvalue weighted by molar-refractivity contribution is -0.116. The summed E-state index contributed by atoms with van der Waals surface area (Å²) >= 11 is 4.75. The van der Waals surface area contributed by atoms with Crippen LogP contribution < -0.4 is 10.9 Å². The third-order valence-corrected chi connectivity index (χ3v) is 4.84. The number of anilines is 1. The Bertz CT molecular complexity index is 992. The highest BCUT2D eigenvalue weighted by Gasteiger charge is 2.09. The Morgan fingerprint density at radius 3 is 2.73 bits per heavy atom. The summed E-state index contributed by atoms with van der Waals surface area (Å²) < 4.78 is 2.09. The molecule has 0 radical (unpaired) electrons. The van der Waals surface area contributed by atoms with E-state index in [1.807, 2.05) is 25.1 Å². The van der Waals surface area contributed by atoms with Crippen LogP contribution in [0.5, 0.6) is 0 Å². The van der Waals surface area contributed by atoms with E-state index in [4.69, 9.17) is 0 Å². The second kappa shape index (κ2) is 8.29. The molecule has 0 fully saturated rings. The predicted octanol–water partition coefficient (Wildman–Crippen LogP) is 3.50. The van der Waals surface area contributed by atoms with Crippen molar-refractivity contribution in [1.29, 1.82) is 0 Å². The van der Waals surface area contributed by atoms with E-state index in [0.717, 1.165) is 14.9 Å². The number of carbonyl (C=O) groups excluding carboxylic acids is 1. The Morgan fingerprint density at radius 2 is 2.00 bits per heavy atom. The second-order valence-electron chi connectivity index (χ2n) is 5.47. The molecule has 0 saturated heterocycles. The first-order valence-electron chi connectivity index (χ1n) is 7.72. The molecule has 0 unspecified atom stereocenters. The number of nitrogens with one attached hydrogen (secondary N) is 1. The minimum Gasteiger partial charge on any atom is -0.324 e. The van der Waals surface area contributed by atoms with Crippen molar-refractivity contribution in [3.63, 3.8) is 0 Å². The average Bonchev–Trinajstić information content (AvgIpc) is 2.61. The smallest absolute Gasteiger partial charge is 0.251 e. The largest absolute Gasteiger partial charge is 0.324 e. The van der Waals surface area contributed by atoms with E-state index >= 15 is 0 Å². The quantitative estimate of drug-likeness (QED) is 0.626. The fourth-order valence-corrected chi connectivity index (χ4v) is 3.44. The summed E-state index contributed by atoms with van der Waals surface area (Å²) in [7, 11) is 0. The van der Waals surface area contributed by atoms with Crippen LogP contribution in [0.25, 0.3) is 0 Å². The van der Waals surface area contributed by atoms with E-state index in [0.29, 0.717) is 10.8 Å². The molecule has 0 spiro atoms. The van der Waals surface area contributed by atoms with Crippen LogP contribution in [-0.4, -0.2) is 20.4 Å². The number of aromatic nitrogens is 3. The number of carbonyl (C=O) groups is 1. The molecule has 3 rings (SSSR count). The molecule has 6 nitrogen and oxygen atoms in total. The zero-order chi connectivity index (χ0) is 18.5. The van der Waals surface area contributed by atoms with Gasteiger partial charge in [-0.25, -0.2) is 9.97 Å². The Hall–Kier alpha value is -2.45. The molecule has 3 aromatic rings. The van der Waals surface area contributed by atoms with Crippen molar-refractivity contribution in [1.82, 2.24) is 14.5 Å². The normalized spacial score (nSPS) is 10.5. The number of hydrogen-bond donors (Lipinski definition) is 1. The van der Waals surface area contributed by atoms with E-state index in [1.54, 1.807) is 30.7 Å². The fourth-order valence-electron chi connectivity index (χ4n) is 2.25. The van der Waals surface area contributed by atoms with Gasteiger partial charge in [0, 0.05) is 39.7 Å². The van der Waals surface area contributed by atoms with Gasteiger partial charge in [-0.3, -0.25) is 9.59 Å². The molecule has 26 heavy (non-hydrogen) atoms. The van der Waals surface area contributed by atoms with Gasteiger partial charge in [0.05, 0.1) is 0 Å². The molecule has 8 heteroatoms. The van der Waals surface area contributed by atoms with Crippen LogP contribution in [0.15, 0.2) is 74.3 Å². The molecular weight excluding hydrogens is 416 g/mol. The Morgan fingerprint density at radius 1 is 1.23 bits per heavy atom. The van der Waals surface area contributed by atoms with Gasteiger partial charge in [0.1, 0.15) is 6.54 Å². The standard InChI is InChI=1S/C18H15BrN4O2S/c1-12-9-14(26-18-20-7-2-8-21-18)4-5-15(12)22-16(24)11-23-10-13(19)3-6-17(23)25/h2-10H,11H2,1H3,(H,22,24). The summed E-state index contributed by atoms with van der Waals surface area (Å²) in [5, 5.41) is 3.51. The number of rotatable bonds is 5. The van der Waals surface area contributed by atoms with Gasteiger partial charge >= 0.3 is 0 Å². The predicted molar refractivity (Wildman–Crippen MR) is 104 cm³/mol. The summed E-state index contributed by atoms with van der Waals surface area (Å²) in [6, 6.07) is 10.5. The number of halogens is 1. The molecule has 0 saturated carbocycles. The molecule has 1 aromatic carbocycles. The lowest BCUT2D eigenvalue weighted by Gasteiger charge is -2.11. The van der Waals surface area contributed by atoms with E-state index in [9.17, 15) is 9.59 Å². The SMILES string of the molecule is Cc1cc(Sc2ncccn2)ccc1NC(=O)Cn1cc(Br)ccc1=O. The van der Waals surface area contributed by atoms with Gasteiger partial charge in [-0.1, -0.05) is 0 Å².